The van der Waals surface area contributed by atoms with Crippen LogP contribution in [0.15, 0.2) is 6.07 Å². The summed E-state index contributed by atoms with van der Waals surface area (Å²) in [6.45, 7) is 11.4. The van der Waals surface area contributed by atoms with Crippen molar-refractivity contribution in [2.24, 2.45) is 0 Å². The minimum atomic E-state index is -0.132. The Hall–Kier alpha value is -1.72. The molecule has 2 atom stereocenters. The Morgan fingerprint density at radius 3 is 2.61 bits per heavy atom. The maximum atomic E-state index is 12.2. The van der Waals surface area contributed by atoms with Gasteiger partial charge in [-0.05, 0) is 53.9 Å². The van der Waals surface area contributed by atoms with Gasteiger partial charge in [-0.1, -0.05) is 0 Å². The fraction of sp³-hybridized carbons (Fsp3) is 0.765. The molecule has 1 saturated heterocycles. The van der Waals surface area contributed by atoms with E-state index in [1.807, 2.05) is 11.0 Å². The van der Waals surface area contributed by atoms with E-state index in [9.17, 15) is 4.79 Å². The molecule has 0 bridgehead atoms. The zero-order valence-electron chi connectivity index (χ0n) is 14.9. The average molecular weight is 319 g/mol. The Labute approximate surface area is 138 Å². The highest BCUT2D eigenvalue weighted by atomic mass is 16.2. The van der Waals surface area contributed by atoms with E-state index in [2.05, 4.69) is 49.7 Å². The minimum Gasteiger partial charge on any atom is -0.382 e. The van der Waals surface area contributed by atoms with Gasteiger partial charge in [0.1, 0.15) is 5.82 Å². The number of nitrogens with one attached hydrogen (secondary N) is 1. The maximum Gasteiger partial charge on any atom is 0.318 e. The minimum absolute atomic E-state index is 0.0736. The van der Waals surface area contributed by atoms with Crippen molar-refractivity contribution in [3.8, 4) is 0 Å². The van der Waals surface area contributed by atoms with E-state index >= 15 is 0 Å². The zero-order valence-corrected chi connectivity index (χ0v) is 14.9. The van der Waals surface area contributed by atoms with Crippen LogP contribution in [0.4, 0.5) is 10.6 Å². The molecule has 23 heavy (non-hydrogen) atoms. The first-order chi connectivity index (χ1) is 10.6. The van der Waals surface area contributed by atoms with Crippen molar-refractivity contribution in [3.05, 3.63) is 11.8 Å². The van der Waals surface area contributed by atoms with Gasteiger partial charge in [0.15, 0.2) is 0 Å². The molecule has 2 aliphatic rings. The molecule has 6 heteroatoms. The van der Waals surface area contributed by atoms with Crippen molar-refractivity contribution in [2.75, 3.05) is 12.3 Å². The standard InChI is InChI=1S/C17H29N5O/c1-16(2,3)22-13(9-14(18)20-22)11-6-7-12(8-11)21-10-17(4,5)19-15(21)23/h9,11-12H,6-8,10H2,1-5H3,(H2,18,20)(H,19,23)/t11-,12+/m1/s1. The van der Waals surface area contributed by atoms with E-state index < -0.39 is 0 Å². The number of carbonyl (C=O) groups is 1. The van der Waals surface area contributed by atoms with Gasteiger partial charge in [-0.3, -0.25) is 4.68 Å². The molecule has 1 aliphatic carbocycles. The molecular formula is C17H29N5O. The predicted molar refractivity (Wildman–Crippen MR) is 91.3 cm³/mol. The molecule has 1 aromatic heterocycles. The second-order valence-electron chi connectivity index (χ2n) is 8.68. The van der Waals surface area contributed by atoms with Crippen molar-refractivity contribution in [2.45, 2.75) is 76.9 Å². The Kier molecular flexibility index (Phi) is 3.61. The molecule has 2 fully saturated rings. The van der Waals surface area contributed by atoms with Gasteiger partial charge in [-0.15, -0.1) is 0 Å². The predicted octanol–water partition coefficient (Wildman–Crippen LogP) is 2.66. The lowest BCUT2D eigenvalue weighted by molar-refractivity contribution is 0.196. The van der Waals surface area contributed by atoms with Crippen LogP contribution in [0.1, 0.15) is 65.5 Å². The Morgan fingerprint density at radius 1 is 1.35 bits per heavy atom. The smallest absolute Gasteiger partial charge is 0.318 e. The van der Waals surface area contributed by atoms with E-state index in [4.69, 9.17) is 5.73 Å². The van der Waals surface area contributed by atoms with Crippen molar-refractivity contribution in [1.82, 2.24) is 20.0 Å². The number of hydrogen-bond acceptors (Lipinski definition) is 3. The first-order valence-electron chi connectivity index (χ1n) is 8.51. The van der Waals surface area contributed by atoms with E-state index in [-0.39, 0.29) is 17.1 Å². The molecule has 128 valence electrons. The molecule has 1 saturated carbocycles. The molecule has 1 aliphatic heterocycles. The summed E-state index contributed by atoms with van der Waals surface area (Å²) < 4.78 is 2.06. The first-order valence-corrected chi connectivity index (χ1v) is 8.51. The molecule has 0 spiro atoms. The summed E-state index contributed by atoms with van der Waals surface area (Å²) in [7, 11) is 0. The molecule has 3 rings (SSSR count). The van der Waals surface area contributed by atoms with Crippen LogP contribution in [0.25, 0.3) is 0 Å². The van der Waals surface area contributed by atoms with Crippen LogP contribution in [0, 0.1) is 0 Å². The molecule has 1 aromatic rings. The number of aromatic nitrogens is 2. The van der Waals surface area contributed by atoms with E-state index in [1.165, 1.54) is 5.69 Å². The summed E-state index contributed by atoms with van der Waals surface area (Å²) in [5.74, 6) is 0.999. The largest absolute Gasteiger partial charge is 0.382 e. The second kappa shape index (κ2) is 5.14. The summed E-state index contributed by atoms with van der Waals surface area (Å²) in [5.41, 5.74) is 6.94. The van der Waals surface area contributed by atoms with Crippen LogP contribution in [0.2, 0.25) is 0 Å². The molecule has 3 N–H and O–H groups in total. The van der Waals surface area contributed by atoms with Gasteiger partial charge in [0.2, 0.25) is 0 Å². The highest BCUT2D eigenvalue weighted by molar-refractivity contribution is 5.78. The number of anilines is 1. The molecule has 2 amide bonds. The number of carbonyl (C=O) groups excluding carboxylic acids is 1. The van der Waals surface area contributed by atoms with Crippen molar-refractivity contribution >= 4 is 11.8 Å². The second-order valence-corrected chi connectivity index (χ2v) is 8.68. The number of urea groups is 1. The lowest BCUT2D eigenvalue weighted by Crippen LogP contribution is -2.36. The zero-order chi connectivity index (χ0) is 17.0. The van der Waals surface area contributed by atoms with Gasteiger partial charge >= 0.3 is 6.03 Å². The lowest BCUT2D eigenvalue weighted by atomic mass is 10.0. The topological polar surface area (TPSA) is 76.2 Å². The number of nitrogen functional groups attached to an aromatic ring is 1. The number of amides is 2. The summed E-state index contributed by atoms with van der Waals surface area (Å²) in [5, 5.41) is 7.55. The van der Waals surface area contributed by atoms with Crippen molar-refractivity contribution in [1.29, 1.82) is 0 Å². The quantitative estimate of drug-likeness (QED) is 0.880. The Balaban J connectivity index is 1.78. The normalized spacial score (nSPS) is 27.5. The summed E-state index contributed by atoms with van der Waals surface area (Å²) in [4.78, 5) is 14.2. The molecule has 0 aromatic carbocycles. The SMILES string of the molecule is CC1(C)CN([C@H]2CC[C@@H](c3cc(N)nn3C(C)(C)C)C2)C(=O)N1. The Bertz CT molecular complexity index is 613. The van der Waals surface area contributed by atoms with Crippen LogP contribution >= 0.6 is 0 Å². The van der Waals surface area contributed by atoms with Crippen molar-refractivity contribution in [3.63, 3.8) is 0 Å². The third kappa shape index (κ3) is 3.03. The number of rotatable bonds is 2. The molecule has 2 heterocycles. The van der Waals surface area contributed by atoms with Gasteiger partial charge in [0.25, 0.3) is 0 Å². The van der Waals surface area contributed by atoms with E-state index in [1.54, 1.807) is 0 Å². The van der Waals surface area contributed by atoms with Crippen LogP contribution in [0.3, 0.4) is 0 Å². The summed E-state index contributed by atoms with van der Waals surface area (Å²) in [6.07, 6.45) is 3.12. The highest BCUT2D eigenvalue weighted by Gasteiger charge is 2.42. The van der Waals surface area contributed by atoms with Crippen LogP contribution < -0.4 is 11.1 Å². The van der Waals surface area contributed by atoms with Crippen molar-refractivity contribution < 1.29 is 4.79 Å². The highest BCUT2D eigenvalue weighted by Crippen LogP contribution is 2.40. The third-order valence-electron chi connectivity index (χ3n) is 4.93. The maximum absolute atomic E-state index is 12.2. The molecule has 6 nitrogen and oxygen atoms in total. The van der Waals surface area contributed by atoms with Gasteiger partial charge in [0.05, 0.1) is 11.1 Å². The first kappa shape index (κ1) is 16.1. The molecule has 0 unspecified atom stereocenters. The molecular weight excluding hydrogens is 290 g/mol. The third-order valence-corrected chi connectivity index (χ3v) is 4.93. The van der Waals surface area contributed by atoms with E-state index in [0.29, 0.717) is 17.8 Å². The van der Waals surface area contributed by atoms with Gasteiger partial charge in [-0.2, -0.15) is 5.10 Å². The number of nitrogens with zero attached hydrogens (tertiary/aromatic N) is 3. The van der Waals surface area contributed by atoms with Gasteiger partial charge in [0, 0.05) is 30.3 Å². The van der Waals surface area contributed by atoms with Gasteiger partial charge in [-0.25, -0.2) is 4.79 Å². The fourth-order valence-corrected chi connectivity index (χ4v) is 3.95. The monoisotopic (exact) mass is 319 g/mol. The summed E-state index contributed by atoms with van der Waals surface area (Å²) in [6, 6.07) is 2.39. The molecule has 0 radical (unpaired) electrons. The summed E-state index contributed by atoms with van der Waals surface area (Å²) >= 11 is 0. The Morgan fingerprint density at radius 2 is 2.04 bits per heavy atom. The van der Waals surface area contributed by atoms with Crippen LogP contribution in [-0.2, 0) is 5.54 Å². The average Bonchev–Trinajstić information content (AvgIpc) is 3.05. The number of hydrogen-bond donors (Lipinski definition) is 2. The van der Waals surface area contributed by atoms with Crippen LogP contribution in [-0.4, -0.2) is 38.8 Å². The van der Waals surface area contributed by atoms with Crippen LogP contribution in [0.5, 0.6) is 0 Å². The van der Waals surface area contributed by atoms with Gasteiger partial charge < -0.3 is 16.0 Å². The number of nitrogens with two attached hydrogens (primary N) is 1. The fourth-order valence-electron chi connectivity index (χ4n) is 3.95. The lowest BCUT2D eigenvalue weighted by Gasteiger charge is -2.26. The van der Waals surface area contributed by atoms with E-state index in [0.717, 1.165) is 25.8 Å².